The van der Waals surface area contributed by atoms with Gasteiger partial charge in [0, 0.05) is 18.5 Å². The lowest BCUT2D eigenvalue weighted by Crippen LogP contribution is -2.27. The van der Waals surface area contributed by atoms with Gasteiger partial charge >= 0.3 is 0 Å². The molecule has 0 aliphatic carbocycles. The lowest BCUT2D eigenvalue weighted by Gasteiger charge is -2.13. The molecule has 0 unspecified atom stereocenters. The third kappa shape index (κ3) is 3.87. The first-order valence-electron chi connectivity index (χ1n) is 5.24. The maximum atomic E-state index is 11.6. The molecule has 3 nitrogen and oxygen atoms in total. The van der Waals surface area contributed by atoms with Gasteiger partial charge in [-0.1, -0.05) is 12.1 Å². The van der Waals surface area contributed by atoms with Crippen molar-refractivity contribution in [2.45, 2.75) is 18.4 Å². The van der Waals surface area contributed by atoms with Crippen molar-refractivity contribution in [1.29, 1.82) is 0 Å². The number of carbonyl (C=O) groups excluding carboxylic acids is 1. The van der Waals surface area contributed by atoms with E-state index in [0.29, 0.717) is 5.75 Å². The molecule has 4 heteroatoms. The second kappa shape index (κ2) is 6.55. The van der Waals surface area contributed by atoms with E-state index in [1.807, 2.05) is 31.2 Å². The van der Waals surface area contributed by atoms with E-state index in [2.05, 4.69) is 0 Å². The van der Waals surface area contributed by atoms with Crippen molar-refractivity contribution in [2.75, 3.05) is 19.3 Å². The Kier molecular flexibility index (Phi) is 5.35. The minimum Gasteiger partial charge on any atom is -0.392 e. The molecule has 0 aliphatic rings. The standard InChI is InChI=1S/C12H17NO2S/c1-3-13(2)12(15)9-16-11-6-4-5-10(7-11)8-14/h4-7,14H,3,8-9H2,1-2H3. The summed E-state index contributed by atoms with van der Waals surface area (Å²) in [5.41, 5.74) is 0.876. The first kappa shape index (κ1) is 13.1. The average molecular weight is 239 g/mol. The number of nitrogens with zero attached hydrogens (tertiary/aromatic N) is 1. The van der Waals surface area contributed by atoms with Gasteiger partial charge in [0.2, 0.25) is 5.91 Å². The van der Waals surface area contributed by atoms with E-state index >= 15 is 0 Å². The van der Waals surface area contributed by atoms with Gasteiger partial charge in [-0.2, -0.15) is 0 Å². The molecule has 16 heavy (non-hydrogen) atoms. The van der Waals surface area contributed by atoms with Crippen LogP contribution in [0.15, 0.2) is 29.2 Å². The van der Waals surface area contributed by atoms with Gasteiger partial charge in [-0.15, -0.1) is 11.8 Å². The van der Waals surface area contributed by atoms with Crippen molar-refractivity contribution in [3.63, 3.8) is 0 Å². The molecule has 0 fully saturated rings. The second-order valence-electron chi connectivity index (χ2n) is 3.50. The highest BCUT2D eigenvalue weighted by Crippen LogP contribution is 2.19. The summed E-state index contributed by atoms with van der Waals surface area (Å²) in [6.07, 6.45) is 0. The summed E-state index contributed by atoms with van der Waals surface area (Å²) < 4.78 is 0. The van der Waals surface area contributed by atoms with Gasteiger partial charge in [-0.25, -0.2) is 0 Å². The summed E-state index contributed by atoms with van der Waals surface area (Å²) in [7, 11) is 1.80. The molecule has 88 valence electrons. The Morgan fingerprint density at radius 2 is 2.25 bits per heavy atom. The molecule has 0 atom stereocenters. The highest BCUT2D eigenvalue weighted by Gasteiger charge is 2.07. The maximum absolute atomic E-state index is 11.6. The highest BCUT2D eigenvalue weighted by atomic mass is 32.2. The molecular formula is C12H17NO2S. The van der Waals surface area contributed by atoms with Crippen molar-refractivity contribution in [2.24, 2.45) is 0 Å². The number of thioether (sulfide) groups is 1. The molecular weight excluding hydrogens is 222 g/mol. The van der Waals surface area contributed by atoms with E-state index < -0.39 is 0 Å². The van der Waals surface area contributed by atoms with Gasteiger partial charge in [0.05, 0.1) is 12.4 Å². The van der Waals surface area contributed by atoms with E-state index in [0.717, 1.165) is 17.0 Å². The lowest BCUT2D eigenvalue weighted by atomic mass is 10.2. The smallest absolute Gasteiger partial charge is 0.232 e. The van der Waals surface area contributed by atoms with Crippen molar-refractivity contribution < 1.29 is 9.90 Å². The monoisotopic (exact) mass is 239 g/mol. The van der Waals surface area contributed by atoms with Crippen LogP contribution in [0.2, 0.25) is 0 Å². The van der Waals surface area contributed by atoms with Crippen molar-refractivity contribution in [3.8, 4) is 0 Å². The summed E-state index contributed by atoms with van der Waals surface area (Å²) in [6, 6.07) is 7.61. The van der Waals surface area contributed by atoms with E-state index in [-0.39, 0.29) is 12.5 Å². The predicted octanol–water partition coefficient (Wildman–Crippen LogP) is 1.75. The van der Waals surface area contributed by atoms with Crippen LogP contribution >= 0.6 is 11.8 Å². The Labute approximate surface area is 100 Å². The first-order chi connectivity index (χ1) is 7.67. The zero-order chi connectivity index (χ0) is 12.0. The number of hydrogen-bond acceptors (Lipinski definition) is 3. The summed E-state index contributed by atoms with van der Waals surface area (Å²) in [4.78, 5) is 14.3. The zero-order valence-corrected chi connectivity index (χ0v) is 10.5. The SMILES string of the molecule is CCN(C)C(=O)CSc1cccc(CO)c1. The van der Waals surface area contributed by atoms with Crippen LogP contribution in [0.3, 0.4) is 0 Å². The molecule has 0 saturated carbocycles. The van der Waals surface area contributed by atoms with Crippen molar-refractivity contribution in [3.05, 3.63) is 29.8 Å². The van der Waals surface area contributed by atoms with Crippen LogP contribution in [0.5, 0.6) is 0 Å². The topological polar surface area (TPSA) is 40.5 Å². The molecule has 0 saturated heterocycles. The zero-order valence-electron chi connectivity index (χ0n) is 9.64. The van der Waals surface area contributed by atoms with E-state index in [1.165, 1.54) is 11.8 Å². The number of aliphatic hydroxyl groups is 1. The van der Waals surface area contributed by atoms with Crippen LogP contribution in [0.4, 0.5) is 0 Å². The molecule has 0 radical (unpaired) electrons. The fraction of sp³-hybridized carbons (Fsp3) is 0.417. The molecule has 1 rings (SSSR count). The van der Waals surface area contributed by atoms with Crippen LogP contribution in [-0.4, -0.2) is 35.3 Å². The maximum Gasteiger partial charge on any atom is 0.232 e. The van der Waals surface area contributed by atoms with Gasteiger partial charge in [-0.3, -0.25) is 4.79 Å². The van der Waals surface area contributed by atoms with Crippen LogP contribution in [0.25, 0.3) is 0 Å². The van der Waals surface area contributed by atoms with Crippen molar-refractivity contribution >= 4 is 17.7 Å². The van der Waals surface area contributed by atoms with Gasteiger partial charge in [0.25, 0.3) is 0 Å². The van der Waals surface area contributed by atoms with E-state index in [4.69, 9.17) is 5.11 Å². The Hall–Kier alpha value is -1.00. The molecule has 1 aromatic rings. The van der Waals surface area contributed by atoms with E-state index in [9.17, 15) is 4.79 Å². The number of hydrogen-bond donors (Lipinski definition) is 1. The van der Waals surface area contributed by atoms with Crippen molar-refractivity contribution in [1.82, 2.24) is 4.90 Å². The normalized spacial score (nSPS) is 10.2. The molecule has 0 spiro atoms. The number of carbonyl (C=O) groups is 1. The summed E-state index contributed by atoms with van der Waals surface area (Å²) in [6.45, 7) is 2.72. The summed E-state index contributed by atoms with van der Waals surface area (Å²) >= 11 is 1.50. The fourth-order valence-corrected chi connectivity index (χ4v) is 2.09. The molecule has 0 aromatic heterocycles. The largest absolute Gasteiger partial charge is 0.392 e. The number of rotatable bonds is 5. The van der Waals surface area contributed by atoms with Crippen LogP contribution in [0, 0.1) is 0 Å². The van der Waals surface area contributed by atoms with Gasteiger partial charge in [0.15, 0.2) is 0 Å². The minimum atomic E-state index is 0.0389. The van der Waals surface area contributed by atoms with Crippen LogP contribution in [-0.2, 0) is 11.4 Å². The van der Waals surface area contributed by atoms with Crippen LogP contribution < -0.4 is 0 Å². The Morgan fingerprint density at radius 1 is 1.50 bits per heavy atom. The number of aliphatic hydroxyl groups excluding tert-OH is 1. The quantitative estimate of drug-likeness (QED) is 0.796. The van der Waals surface area contributed by atoms with Gasteiger partial charge < -0.3 is 10.0 Å². The average Bonchev–Trinajstić information content (AvgIpc) is 2.35. The van der Waals surface area contributed by atoms with Crippen LogP contribution in [0.1, 0.15) is 12.5 Å². The fourth-order valence-electron chi connectivity index (χ4n) is 1.17. The number of benzene rings is 1. The lowest BCUT2D eigenvalue weighted by molar-refractivity contribution is -0.126. The van der Waals surface area contributed by atoms with Gasteiger partial charge in [-0.05, 0) is 24.6 Å². The molecule has 1 N–H and O–H groups in total. The third-order valence-electron chi connectivity index (χ3n) is 2.34. The first-order valence-corrected chi connectivity index (χ1v) is 6.22. The predicted molar refractivity (Wildman–Crippen MR) is 66.4 cm³/mol. The van der Waals surface area contributed by atoms with Gasteiger partial charge in [0.1, 0.15) is 0 Å². The summed E-state index contributed by atoms with van der Waals surface area (Å²) in [5.74, 6) is 0.570. The number of amides is 1. The minimum absolute atomic E-state index is 0.0389. The Balaban J connectivity index is 2.51. The molecule has 1 aromatic carbocycles. The summed E-state index contributed by atoms with van der Waals surface area (Å²) in [5, 5.41) is 8.98. The Morgan fingerprint density at radius 3 is 2.88 bits per heavy atom. The molecule has 0 aliphatic heterocycles. The third-order valence-corrected chi connectivity index (χ3v) is 3.32. The van der Waals surface area contributed by atoms with E-state index in [1.54, 1.807) is 11.9 Å². The molecule has 1 amide bonds. The molecule has 0 bridgehead atoms. The highest BCUT2D eigenvalue weighted by molar-refractivity contribution is 8.00. The Bertz CT molecular complexity index is 355. The molecule has 0 heterocycles. The second-order valence-corrected chi connectivity index (χ2v) is 4.55.